The summed E-state index contributed by atoms with van der Waals surface area (Å²) in [5.74, 6) is 0.501. The van der Waals surface area contributed by atoms with Crippen LogP contribution in [0.1, 0.15) is 17.5 Å². The van der Waals surface area contributed by atoms with Crippen LogP contribution in [0.5, 0.6) is 5.75 Å². The lowest BCUT2D eigenvalue weighted by atomic mass is 10.1. The molecule has 0 aromatic heterocycles. The van der Waals surface area contributed by atoms with Crippen molar-refractivity contribution in [3.63, 3.8) is 0 Å². The van der Waals surface area contributed by atoms with Crippen molar-refractivity contribution in [3.8, 4) is 5.75 Å². The number of thioether (sulfide) groups is 1. The summed E-state index contributed by atoms with van der Waals surface area (Å²) in [4.78, 5) is 26.3. The SMILES string of the molecule is COCCCN1C(=O)S/C(=C/c2ccc(OCc3ccc4ccccc4c3)cc2)C1=O. The number of hydrogen-bond acceptors (Lipinski definition) is 5. The fourth-order valence-corrected chi connectivity index (χ4v) is 4.23. The van der Waals surface area contributed by atoms with Crippen LogP contribution in [-0.4, -0.2) is 36.3 Å². The Labute approximate surface area is 185 Å². The van der Waals surface area contributed by atoms with Gasteiger partial charge in [-0.1, -0.05) is 48.5 Å². The van der Waals surface area contributed by atoms with Crippen LogP contribution in [0.4, 0.5) is 4.79 Å². The van der Waals surface area contributed by atoms with Crippen LogP contribution in [0.25, 0.3) is 16.8 Å². The van der Waals surface area contributed by atoms with Crippen molar-refractivity contribution in [2.45, 2.75) is 13.0 Å². The summed E-state index contributed by atoms with van der Waals surface area (Å²) in [7, 11) is 1.60. The Morgan fingerprint density at radius 2 is 1.74 bits per heavy atom. The van der Waals surface area contributed by atoms with Crippen molar-refractivity contribution >= 4 is 39.8 Å². The van der Waals surface area contributed by atoms with Crippen molar-refractivity contribution < 1.29 is 19.1 Å². The molecule has 0 unspecified atom stereocenters. The van der Waals surface area contributed by atoms with E-state index in [2.05, 4.69) is 30.3 Å². The summed E-state index contributed by atoms with van der Waals surface area (Å²) in [6.45, 7) is 1.36. The first-order valence-electron chi connectivity index (χ1n) is 10.1. The highest BCUT2D eigenvalue weighted by Gasteiger charge is 2.34. The lowest BCUT2D eigenvalue weighted by Gasteiger charge is -2.11. The predicted molar refractivity (Wildman–Crippen MR) is 124 cm³/mol. The zero-order valence-electron chi connectivity index (χ0n) is 17.2. The van der Waals surface area contributed by atoms with Crippen LogP contribution in [-0.2, 0) is 16.1 Å². The molecule has 1 aliphatic rings. The highest BCUT2D eigenvalue weighted by atomic mass is 32.2. The standard InChI is InChI=1S/C25H23NO4S/c1-29-14-4-13-26-24(27)23(31-25(26)28)16-18-8-11-22(12-9-18)30-17-19-7-10-20-5-2-3-6-21(20)15-19/h2-3,5-12,15-16H,4,13-14,17H2,1H3/b23-16+. The van der Waals surface area contributed by atoms with E-state index < -0.39 is 0 Å². The van der Waals surface area contributed by atoms with E-state index in [1.165, 1.54) is 15.7 Å². The van der Waals surface area contributed by atoms with E-state index in [4.69, 9.17) is 9.47 Å². The van der Waals surface area contributed by atoms with E-state index in [1.54, 1.807) is 13.2 Å². The summed E-state index contributed by atoms with van der Waals surface area (Å²) in [5, 5.41) is 2.16. The molecule has 0 atom stereocenters. The average molecular weight is 434 g/mol. The minimum Gasteiger partial charge on any atom is -0.489 e. The molecule has 3 aromatic rings. The summed E-state index contributed by atoms with van der Waals surface area (Å²) in [6, 6.07) is 22.0. The first-order chi connectivity index (χ1) is 15.1. The number of methoxy groups -OCH3 is 1. The normalized spacial score (nSPS) is 15.3. The highest BCUT2D eigenvalue weighted by Crippen LogP contribution is 2.32. The summed E-state index contributed by atoms with van der Waals surface area (Å²) in [5.41, 5.74) is 1.95. The molecular formula is C25H23NO4S. The van der Waals surface area contributed by atoms with Gasteiger partial charge in [0.25, 0.3) is 11.1 Å². The van der Waals surface area contributed by atoms with Crippen LogP contribution < -0.4 is 4.74 Å². The molecular weight excluding hydrogens is 410 g/mol. The fraction of sp³-hybridized carbons (Fsp3) is 0.200. The van der Waals surface area contributed by atoms with Gasteiger partial charge in [-0.2, -0.15) is 0 Å². The first kappa shape index (κ1) is 21.2. The number of ether oxygens (including phenoxy) is 2. The molecule has 4 rings (SSSR count). The van der Waals surface area contributed by atoms with Gasteiger partial charge < -0.3 is 9.47 Å². The van der Waals surface area contributed by atoms with Gasteiger partial charge >= 0.3 is 0 Å². The van der Waals surface area contributed by atoms with Crippen molar-refractivity contribution in [3.05, 3.63) is 82.8 Å². The minimum absolute atomic E-state index is 0.234. The number of benzene rings is 3. The van der Waals surface area contributed by atoms with Gasteiger partial charge in [0.05, 0.1) is 4.91 Å². The summed E-state index contributed by atoms with van der Waals surface area (Å²) >= 11 is 0.974. The lowest BCUT2D eigenvalue weighted by molar-refractivity contribution is -0.122. The predicted octanol–water partition coefficient (Wildman–Crippen LogP) is 5.49. The molecule has 1 heterocycles. The van der Waals surface area contributed by atoms with E-state index in [9.17, 15) is 9.59 Å². The molecule has 158 valence electrons. The Hall–Kier alpha value is -3.09. The van der Waals surface area contributed by atoms with Crippen molar-refractivity contribution in [1.29, 1.82) is 0 Å². The third-order valence-electron chi connectivity index (χ3n) is 5.00. The second-order valence-electron chi connectivity index (χ2n) is 7.22. The van der Waals surface area contributed by atoms with Crippen molar-refractivity contribution in [2.24, 2.45) is 0 Å². The number of imide groups is 1. The van der Waals surface area contributed by atoms with Crippen LogP contribution in [0.2, 0.25) is 0 Å². The van der Waals surface area contributed by atoms with Crippen LogP contribution in [0.3, 0.4) is 0 Å². The number of amides is 2. The molecule has 0 radical (unpaired) electrons. The number of nitrogens with zero attached hydrogens (tertiary/aromatic N) is 1. The van der Waals surface area contributed by atoms with Gasteiger partial charge in [-0.15, -0.1) is 0 Å². The van der Waals surface area contributed by atoms with E-state index in [0.717, 1.165) is 28.6 Å². The maximum absolute atomic E-state index is 12.5. The quantitative estimate of drug-likeness (QED) is 0.347. The van der Waals surface area contributed by atoms with Crippen LogP contribution >= 0.6 is 11.8 Å². The third-order valence-corrected chi connectivity index (χ3v) is 5.91. The molecule has 0 saturated carbocycles. The molecule has 1 fully saturated rings. The number of fused-ring (bicyclic) bond motifs is 1. The first-order valence-corrected chi connectivity index (χ1v) is 10.9. The minimum atomic E-state index is -0.247. The molecule has 2 amide bonds. The molecule has 1 saturated heterocycles. The number of hydrogen-bond donors (Lipinski definition) is 0. The zero-order valence-corrected chi connectivity index (χ0v) is 18.1. The summed E-state index contributed by atoms with van der Waals surface area (Å²) < 4.78 is 10.9. The Kier molecular flexibility index (Phi) is 6.70. The average Bonchev–Trinajstić information content (AvgIpc) is 3.06. The third kappa shape index (κ3) is 5.16. The monoisotopic (exact) mass is 433 g/mol. The van der Waals surface area contributed by atoms with Gasteiger partial charge in [0.1, 0.15) is 12.4 Å². The lowest BCUT2D eigenvalue weighted by Crippen LogP contribution is -2.29. The zero-order chi connectivity index (χ0) is 21.6. The maximum atomic E-state index is 12.5. The highest BCUT2D eigenvalue weighted by molar-refractivity contribution is 8.18. The molecule has 5 nitrogen and oxygen atoms in total. The van der Waals surface area contributed by atoms with E-state index in [-0.39, 0.29) is 11.1 Å². The number of carbonyl (C=O) groups excluding carboxylic acids is 2. The number of carbonyl (C=O) groups is 2. The Morgan fingerprint density at radius 1 is 0.968 bits per heavy atom. The molecule has 0 spiro atoms. The van der Waals surface area contributed by atoms with Gasteiger partial charge in [-0.05, 0) is 64.4 Å². The van der Waals surface area contributed by atoms with Gasteiger partial charge in [0.15, 0.2) is 0 Å². The van der Waals surface area contributed by atoms with E-state index in [1.807, 2.05) is 36.4 Å². The molecule has 6 heteroatoms. The van der Waals surface area contributed by atoms with Crippen molar-refractivity contribution in [2.75, 3.05) is 20.3 Å². The van der Waals surface area contributed by atoms with Gasteiger partial charge in [-0.3, -0.25) is 14.5 Å². The van der Waals surface area contributed by atoms with E-state index in [0.29, 0.717) is 31.1 Å². The Morgan fingerprint density at radius 3 is 2.52 bits per heavy atom. The molecule has 31 heavy (non-hydrogen) atoms. The van der Waals surface area contributed by atoms with Gasteiger partial charge in [0, 0.05) is 20.3 Å². The largest absolute Gasteiger partial charge is 0.489 e. The van der Waals surface area contributed by atoms with Gasteiger partial charge in [-0.25, -0.2) is 0 Å². The van der Waals surface area contributed by atoms with Crippen molar-refractivity contribution in [1.82, 2.24) is 4.90 Å². The molecule has 0 bridgehead atoms. The van der Waals surface area contributed by atoms with Crippen LogP contribution in [0, 0.1) is 0 Å². The molecule has 3 aromatic carbocycles. The van der Waals surface area contributed by atoms with E-state index >= 15 is 0 Å². The van der Waals surface area contributed by atoms with Gasteiger partial charge in [0.2, 0.25) is 0 Å². The molecule has 0 aliphatic carbocycles. The second kappa shape index (κ2) is 9.81. The topological polar surface area (TPSA) is 55.8 Å². The summed E-state index contributed by atoms with van der Waals surface area (Å²) in [6.07, 6.45) is 2.37. The smallest absolute Gasteiger partial charge is 0.293 e. The Balaban J connectivity index is 1.37. The van der Waals surface area contributed by atoms with Crippen LogP contribution in [0.15, 0.2) is 71.6 Å². The maximum Gasteiger partial charge on any atom is 0.293 e. The molecule has 0 N–H and O–H groups in total. The number of rotatable bonds is 8. The molecule has 1 aliphatic heterocycles. The Bertz CT molecular complexity index is 1120. The second-order valence-corrected chi connectivity index (χ2v) is 8.21. The fourth-order valence-electron chi connectivity index (χ4n) is 3.37.